The van der Waals surface area contributed by atoms with E-state index < -0.39 is 5.97 Å². The summed E-state index contributed by atoms with van der Waals surface area (Å²) in [6.07, 6.45) is 7.13. The molecule has 0 aliphatic heterocycles. The third kappa shape index (κ3) is 9.95. The van der Waals surface area contributed by atoms with E-state index in [1.54, 1.807) is 0 Å². The van der Waals surface area contributed by atoms with Gasteiger partial charge in [-0.25, -0.2) is 4.79 Å². The number of terminal acetylenes is 1. The van der Waals surface area contributed by atoms with Gasteiger partial charge < -0.3 is 15.7 Å². The van der Waals surface area contributed by atoms with Crippen molar-refractivity contribution >= 4 is 12.0 Å². The molecule has 0 fully saturated rings. The molecule has 1 unspecified atom stereocenters. The Morgan fingerprint density at radius 1 is 1.37 bits per heavy atom. The number of hydrogen-bond acceptors (Lipinski definition) is 2. The largest absolute Gasteiger partial charge is 0.481 e. The molecular formula is C14H24N2O3. The molecule has 0 saturated heterocycles. The summed E-state index contributed by atoms with van der Waals surface area (Å²) < 4.78 is 0. The van der Waals surface area contributed by atoms with Crippen molar-refractivity contribution in [3.05, 3.63) is 0 Å². The van der Waals surface area contributed by atoms with Crippen molar-refractivity contribution in [2.24, 2.45) is 5.41 Å². The SMILES string of the molecule is C#CCC(C)NC(=O)NCCC(C)(C)CCC(=O)O. The molecule has 0 aromatic heterocycles. The number of hydrogen-bond donors (Lipinski definition) is 3. The number of carbonyl (C=O) groups is 2. The molecule has 5 heteroatoms. The van der Waals surface area contributed by atoms with Gasteiger partial charge in [0.15, 0.2) is 0 Å². The minimum absolute atomic E-state index is 0.0509. The molecule has 0 aliphatic rings. The van der Waals surface area contributed by atoms with Crippen molar-refractivity contribution in [1.82, 2.24) is 10.6 Å². The van der Waals surface area contributed by atoms with Crippen LogP contribution in [0.25, 0.3) is 0 Å². The molecule has 0 aromatic rings. The molecule has 19 heavy (non-hydrogen) atoms. The molecule has 0 heterocycles. The number of urea groups is 1. The first-order chi connectivity index (χ1) is 8.76. The third-order valence-corrected chi connectivity index (χ3v) is 2.90. The highest BCUT2D eigenvalue weighted by Gasteiger charge is 2.19. The van der Waals surface area contributed by atoms with Crippen LogP contribution in [0, 0.1) is 17.8 Å². The third-order valence-electron chi connectivity index (χ3n) is 2.90. The van der Waals surface area contributed by atoms with E-state index in [1.807, 2.05) is 20.8 Å². The van der Waals surface area contributed by atoms with Crippen molar-refractivity contribution < 1.29 is 14.7 Å². The molecule has 2 amide bonds. The topological polar surface area (TPSA) is 78.4 Å². The van der Waals surface area contributed by atoms with E-state index in [-0.39, 0.29) is 23.9 Å². The Morgan fingerprint density at radius 3 is 2.53 bits per heavy atom. The van der Waals surface area contributed by atoms with Gasteiger partial charge >= 0.3 is 12.0 Å². The van der Waals surface area contributed by atoms with E-state index in [9.17, 15) is 9.59 Å². The van der Waals surface area contributed by atoms with Gasteiger partial charge in [0.25, 0.3) is 0 Å². The number of rotatable bonds is 8. The lowest BCUT2D eigenvalue weighted by Crippen LogP contribution is -2.41. The lowest BCUT2D eigenvalue weighted by molar-refractivity contribution is -0.137. The van der Waals surface area contributed by atoms with Gasteiger partial charge in [-0.05, 0) is 25.2 Å². The van der Waals surface area contributed by atoms with E-state index in [0.29, 0.717) is 19.4 Å². The maximum Gasteiger partial charge on any atom is 0.315 e. The lowest BCUT2D eigenvalue weighted by Gasteiger charge is -2.24. The Hall–Kier alpha value is -1.70. The van der Waals surface area contributed by atoms with Gasteiger partial charge in [-0.1, -0.05) is 13.8 Å². The van der Waals surface area contributed by atoms with E-state index in [4.69, 9.17) is 11.5 Å². The van der Waals surface area contributed by atoms with Crippen LogP contribution in [0.4, 0.5) is 4.79 Å². The Kier molecular flexibility index (Phi) is 7.66. The van der Waals surface area contributed by atoms with Gasteiger partial charge in [-0.15, -0.1) is 12.3 Å². The Balaban J connectivity index is 3.86. The van der Waals surface area contributed by atoms with Crippen LogP contribution in [0.5, 0.6) is 0 Å². The Morgan fingerprint density at radius 2 is 2.00 bits per heavy atom. The summed E-state index contributed by atoms with van der Waals surface area (Å²) in [5, 5.41) is 14.1. The lowest BCUT2D eigenvalue weighted by atomic mass is 9.84. The predicted molar refractivity (Wildman–Crippen MR) is 74.7 cm³/mol. The molecule has 108 valence electrons. The molecule has 0 rings (SSSR count). The first kappa shape index (κ1) is 17.3. The molecule has 0 aliphatic carbocycles. The van der Waals surface area contributed by atoms with Crippen molar-refractivity contribution in [3.8, 4) is 12.3 Å². The Labute approximate surface area is 115 Å². The maximum atomic E-state index is 11.5. The highest BCUT2D eigenvalue weighted by molar-refractivity contribution is 5.74. The summed E-state index contributed by atoms with van der Waals surface area (Å²) in [5.41, 5.74) is -0.101. The second-order valence-corrected chi connectivity index (χ2v) is 5.52. The monoisotopic (exact) mass is 268 g/mol. The molecule has 5 nitrogen and oxygen atoms in total. The van der Waals surface area contributed by atoms with Gasteiger partial charge in [0.05, 0.1) is 0 Å². The number of amides is 2. The van der Waals surface area contributed by atoms with Crippen molar-refractivity contribution in [2.45, 2.75) is 52.5 Å². The van der Waals surface area contributed by atoms with Crippen LogP contribution in [-0.4, -0.2) is 29.7 Å². The summed E-state index contributed by atoms with van der Waals surface area (Å²) in [6, 6.07) is -0.290. The fourth-order valence-corrected chi connectivity index (χ4v) is 1.59. The van der Waals surface area contributed by atoms with Crippen LogP contribution in [-0.2, 0) is 4.79 Å². The quantitative estimate of drug-likeness (QED) is 0.589. The smallest absolute Gasteiger partial charge is 0.315 e. The van der Waals surface area contributed by atoms with E-state index in [2.05, 4.69) is 16.6 Å². The average Bonchev–Trinajstić information content (AvgIpc) is 2.26. The summed E-state index contributed by atoms with van der Waals surface area (Å²) in [4.78, 5) is 22.0. The van der Waals surface area contributed by atoms with Gasteiger partial charge in [0.1, 0.15) is 0 Å². The Bertz CT molecular complexity index is 345. The molecule has 0 aromatic carbocycles. The number of carboxylic acid groups (broad SMARTS) is 1. The van der Waals surface area contributed by atoms with Gasteiger partial charge in [0, 0.05) is 25.4 Å². The number of carboxylic acids is 1. The zero-order valence-electron chi connectivity index (χ0n) is 12.0. The van der Waals surface area contributed by atoms with Gasteiger partial charge in [-0.2, -0.15) is 0 Å². The average molecular weight is 268 g/mol. The highest BCUT2D eigenvalue weighted by atomic mass is 16.4. The highest BCUT2D eigenvalue weighted by Crippen LogP contribution is 2.25. The number of carbonyl (C=O) groups excluding carboxylic acids is 1. The summed E-state index contributed by atoms with van der Waals surface area (Å²) >= 11 is 0. The first-order valence-electron chi connectivity index (χ1n) is 6.46. The van der Waals surface area contributed by atoms with Gasteiger partial charge in [0.2, 0.25) is 0 Å². The molecule has 3 N–H and O–H groups in total. The fourth-order valence-electron chi connectivity index (χ4n) is 1.59. The molecule has 0 saturated carbocycles. The van der Waals surface area contributed by atoms with E-state index >= 15 is 0 Å². The van der Waals surface area contributed by atoms with Crippen LogP contribution < -0.4 is 10.6 Å². The van der Waals surface area contributed by atoms with Crippen LogP contribution in [0.2, 0.25) is 0 Å². The summed E-state index contributed by atoms with van der Waals surface area (Å²) in [6.45, 7) is 6.35. The molecular weight excluding hydrogens is 244 g/mol. The van der Waals surface area contributed by atoms with Crippen molar-refractivity contribution in [2.75, 3.05) is 6.54 Å². The normalized spacial score (nSPS) is 12.3. The zero-order valence-corrected chi connectivity index (χ0v) is 12.0. The van der Waals surface area contributed by atoms with Crippen LogP contribution in [0.1, 0.15) is 46.5 Å². The zero-order chi connectivity index (χ0) is 14.9. The minimum Gasteiger partial charge on any atom is -0.481 e. The standard InChI is InChI=1S/C14H24N2O3/c1-5-6-11(2)16-13(19)15-10-9-14(3,4)8-7-12(17)18/h1,11H,6-10H2,2-4H3,(H,17,18)(H2,15,16,19). The van der Waals surface area contributed by atoms with Crippen LogP contribution in [0.15, 0.2) is 0 Å². The fraction of sp³-hybridized carbons (Fsp3) is 0.714. The van der Waals surface area contributed by atoms with Crippen molar-refractivity contribution in [1.29, 1.82) is 0 Å². The van der Waals surface area contributed by atoms with Crippen molar-refractivity contribution in [3.63, 3.8) is 0 Å². The van der Waals surface area contributed by atoms with Gasteiger partial charge in [-0.3, -0.25) is 4.79 Å². The van der Waals surface area contributed by atoms with Crippen LogP contribution >= 0.6 is 0 Å². The minimum atomic E-state index is -0.790. The molecule has 0 spiro atoms. The maximum absolute atomic E-state index is 11.5. The molecule has 0 radical (unpaired) electrons. The second-order valence-electron chi connectivity index (χ2n) is 5.52. The van der Waals surface area contributed by atoms with E-state index in [0.717, 1.165) is 6.42 Å². The summed E-state index contributed by atoms with van der Waals surface area (Å²) in [5.74, 6) is 1.69. The van der Waals surface area contributed by atoms with Crippen LogP contribution in [0.3, 0.4) is 0 Å². The number of nitrogens with one attached hydrogen (secondary N) is 2. The number of aliphatic carboxylic acids is 1. The summed E-state index contributed by atoms with van der Waals surface area (Å²) in [7, 11) is 0. The predicted octanol–water partition coefficient (Wildman–Crippen LogP) is 1.98. The second kappa shape index (κ2) is 8.41. The van der Waals surface area contributed by atoms with E-state index in [1.165, 1.54) is 0 Å². The molecule has 1 atom stereocenters. The first-order valence-corrected chi connectivity index (χ1v) is 6.46. The molecule has 0 bridgehead atoms.